The van der Waals surface area contributed by atoms with Crippen LogP contribution in [0.25, 0.3) is 0 Å². The van der Waals surface area contributed by atoms with Crippen LogP contribution >= 0.6 is 0 Å². The third-order valence-electron chi connectivity index (χ3n) is 5.26. The summed E-state index contributed by atoms with van der Waals surface area (Å²) in [7, 11) is 3.95. The zero-order valence-corrected chi connectivity index (χ0v) is 17.7. The number of aliphatic hydroxyl groups excluding tert-OH is 1. The molecule has 2 aliphatic heterocycles. The molecule has 0 bridgehead atoms. The van der Waals surface area contributed by atoms with Gasteiger partial charge in [-0.25, -0.2) is 9.98 Å². The van der Waals surface area contributed by atoms with Crippen molar-refractivity contribution < 1.29 is 19.8 Å². The minimum absolute atomic E-state index is 0.204. The number of carbonyl (C=O) groups excluding carboxylic acids is 1. The Morgan fingerprint density at radius 3 is 2.60 bits per heavy atom. The summed E-state index contributed by atoms with van der Waals surface area (Å²) in [4.78, 5) is 35.8. The molecule has 162 valence electrons. The highest BCUT2D eigenvalue weighted by molar-refractivity contribution is 6.70. The molecule has 0 saturated heterocycles. The van der Waals surface area contributed by atoms with Gasteiger partial charge >= 0.3 is 5.97 Å². The van der Waals surface area contributed by atoms with Gasteiger partial charge in [0.1, 0.15) is 0 Å². The molecule has 1 amide bonds. The molecule has 0 aromatic heterocycles. The third kappa shape index (κ3) is 4.79. The van der Waals surface area contributed by atoms with Gasteiger partial charge in [-0.1, -0.05) is 19.3 Å². The molecule has 0 fully saturated rings. The summed E-state index contributed by atoms with van der Waals surface area (Å²) in [6.45, 7) is 2.63. The van der Waals surface area contributed by atoms with Gasteiger partial charge in [0, 0.05) is 32.7 Å². The average Bonchev–Trinajstić information content (AvgIpc) is 2.66. The summed E-state index contributed by atoms with van der Waals surface area (Å²) in [5.74, 6) is -0.810. The van der Waals surface area contributed by atoms with Crippen molar-refractivity contribution in [3.8, 4) is 0 Å². The lowest BCUT2D eigenvalue weighted by molar-refractivity contribution is -0.137. The summed E-state index contributed by atoms with van der Waals surface area (Å²) in [6.07, 6.45) is 3.21. The van der Waals surface area contributed by atoms with Gasteiger partial charge in [-0.3, -0.25) is 9.59 Å². The minimum atomic E-state index is -1.29. The predicted molar refractivity (Wildman–Crippen MR) is 117 cm³/mol. The number of fused-ring (bicyclic) bond motifs is 2. The Morgan fingerprint density at radius 2 is 1.90 bits per heavy atom. The van der Waals surface area contributed by atoms with Crippen LogP contribution in [0.2, 0.25) is 0 Å². The van der Waals surface area contributed by atoms with E-state index in [4.69, 9.17) is 5.11 Å². The first-order valence-electron chi connectivity index (χ1n) is 10.2. The van der Waals surface area contributed by atoms with Gasteiger partial charge in [0.05, 0.1) is 11.4 Å². The summed E-state index contributed by atoms with van der Waals surface area (Å²) >= 11 is 0. The lowest BCUT2D eigenvalue weighted by Crippen LogP contribution is -2.53. The summed E-state index contributed by atoms with van der Waals surface area (Å²) in [6, 6.07) is 4.00. The number of rotatable bonds is 9. The largest absolute Gasteiger partial charge is 0.481 e. The summed E-state index contributed by atoms with van der Waals surface area (Å²) < 4.78 is 0. The number of amidine groups is 1. The number of carboxylic acid groups (broad SMARTS) is 1. The quantitative estimate of drug-likeness (QED) is 0.532. The molecule has 0 aliphatic carbocycles. The van der Waals surface area contributed by atoms with Crippen molar-refractivity contribution in [1.29, 1.82) is 0 Å². The molecule has 1 aromatic carbocycles. The smallest absolute Gasteiger partial charge is 0.303 e. The number of benzene rings is 1. The van der Waals surface area contributed by atoms with Crippen molar-refractivity contribution >= 4 is 40.5 Å². The number of carboxylic acids is 1. The maximum atomic E-state index is 12.4. The van der Waals surface area contributed by atoms with Crippen LogP contribution in [0.15, 0.2) is 22.1 Å². The van der Waals surface area contributed by atoms with E-state index in [0.717, 1.165) is 42.6 Å². The molecule has 3 N–H and O–H groups in total. The van der Waals surface area contributed by atoms with Crippen LogP contribution in [0.1, 0.15) is 44.1 Å². The molecule has 0 radical (unpaired) electrons. The Balaban J connectivity index is 1.81. The van der Waals surface area contributed by atoms with E-state index in [1.807, 2.05) is 43.0 Å². The Bertz CT molecular complexity index is 894. The number of unbranched alkanes of at least 4 members (excludes halogenated alkanes) is 4. The molecule has 0 saturated carbocycles. The number of amides is 1. The molecular weight excluding hydrogens is 386 g/mol. The second-order valence-corrected chi connectivity index (χ2v) is 7.85. The molecular formula is C21H29N5O4. The molecule has 2 heterocycles. The lowest BCUT2D eigenvalue weighted by Gasteiger charge is -2.35. The number of nitrogens with one attached hydrogen (secondary N) is 1. The van der Waals surface area contributed by atoms with Gasteiger partial charge in [0.2, 0.25) is 6.35 Å². The highest BCUT2D eigenvalue weighted by Gasteiger charge is 2.35. The fourth-order valence-electron chi connectivity index (χ4n) is 3.79. The van der Waals surface area contributed by atoms with Crippen LogP contribution in [0.5, 0.6) is 0 Å². The number of hydrogen-bond donors (Lipinski definition) is 3. The zero-order valence-electron chi connectivity index (χ0n) is 17.7. The maximum Gasteiger partial charge on any atom is 0.303 e. The number of aliphatic carboxylic acids is 1. The van der Waals surface area contributed by atoms with Crippen LogP contribution in [0, 0.1) is 6.92 Å². The van der Waals surface area contributed by atoms with Crippen LogP contribution < -0.4 is 15.1 Å². The highest BCUT2D eigenvalue weighted by Crippen LogP contribution is 2.39. The Hall–Kier alpha value is -2.94. The molecule has 9 heteroatoms. The van der Waals surface area contributed by atoms with E-state index < -0.39 is 18.2 Å². The van der Waals surface area contributed by atoms with E-state index in [1.54, 1.807) is 0 Å². The number of carbonyl (C=O) groups is 2. The van der Waals surface area contributed by atoms with Crippen molar-refractivity contribution in [2.75, 3.05) is 30.4 Å². The molecule has 30 heavy (non-hydrogen) atoms. The van der Waals surface area contributed by atoms with Gasteiger partial charge < -0.3 is 25.3 Å². The number of aliphatic hydroxyl groups is 1. The molecule has 0 spiro atoms. The van der Waals surface area contributed by atoms with Crippen molar-refractivity contribution in [3.05, 3.63) is 17.7 Å². The number of aryl methyl sites for hydroxylation is 1. The van der Waals surface area contributed by atoms with Crippen LogP contribution in [-0.4, -0.2) is 60.6 Å². The van der Waals surface area contributed by atoms with Crippen LogP contribution in [0.3, 0.4) is 0 Å². The topological polar surface area (TPSA) is 118 Å². The van der Waals surface area contributed by atoms with Gasteiger partial charge in [-0.05, 0) is 37.5 Å². The highest BCUT2D eigenvalue weighted by atomic mass is 16.4. The van der Waals surface area contributed by atoms with Crippen molar-refractivity contribution in [2.24, 2.45) is 9.98 Å². The summed E-state index contributed by atoms with van der Waals surface area (Å²) in [5.41, 5.74) is 3.89. The third-order valence-corrected chi connectivity index (χ3v) is 5.26. The Morgan fingerprint density at radius 1 is 1.20 bits per heavy atom. The number of anilines is 2. The van der Waals surface area contributed by atoms with E-state index in [-0.39, 0.29) is 12.1 Å². The standard InChI is InChI=1S/C21H29N5O4/c1-13-11-14-16(12-15(13)25(2)3)26(10-8-6-4-5-7-9-17(27)28)19-18(22-14)20(29)24-21(30)23-19/h11-12,21,30H,4-10H2,1-3H3,(H,24,29)(H,27,28). The maximum absolute atomic E-state index is 12.4. The normalized spacial score (nSPS) is 17.5. The summed E-state index contributed by atoms with van der Waals surface area (Å²) in [5, 5.41) is 21.0. The van der Waals surface area contributed by atoms with Crippen molar-refractivity contribution in [1.82, 2.24) is 5.32 Å². The fourth-order valence-corrected chi connectivity index (χ4v) is 3.79. The van der Waals surface area contributed by atoms with Gasteiger partial charge in [0.15, 0.2) is 11.5 Å². The first kappa shape index (κ1) is 21.8. The van der Waals surface area contributed by atoms with Gasteiger partial charge in [0.25, 0.3) is 5.91 Å². The van der Waals surface area contributed by atoms with E-state index in [1.165, 1.54) is 0 Å². The zero-order chi connectivity index (χ0) is 21.8. The first-order chi connectivity index (χ1) is 14.3. The second kappa shape index (κ2) is 9.25. The number of hydrogen-bond acceptors (Lipinski definition) is 7. The molecule has 3 rings (SSSR count). The number of aliphatic imine (C=N–C) groups is 2. The molecule has 1 aromatic rings. The number of nitrogens with zero attached hydrogens (tertiary/aromatic N) is 4. The van der Waals surface area contributed by atoms with E-state index in [2.05, 4.69) is 15.3 Å². The fraction of sp³-hybridized carbons (Fsp3) is 0.524. The first-order valence-corrected chi connectivity index (χ1v) is 10.2. The van der Waals surface area contributed by atoms with Gasteiger partial charge in [-0.2, -0.15) is 0 Å². The minimum Gasteiger partial charge on any atom is -0.481 e. The Labute approximate surface area is 176 Å². The molecule has 1 atom stereocenters. The lowest BCUT2D eigenvalue weighted by atomic mass is 10.0. The van der Waals surface area contributed by atoms with E-state index in [0.29, 0.717) is 24.5 Å². The Kier molecular flexibility index (Phi) is 6.71. The molecule has 2 aliphatic rings. The van der Waals surface area contributed by atoms with Crippen molar-refractivity contribution in [2.45, 2.75) is 51.8 Å². The van der Waals surface area contributed by atoms with E-state index in [9.17, 15) is 14.7 Å². The van der Waals surface area contributed by atoms with E-state index >= 15 is 0 Å². The second-order valence-electron chi connectivity index (χ2n) is 7.85. The van der Waals surface area contributed by atoms with Gasteiger partial charge in [-0.15, -0.1) is 0 Å². The van der Waals surface area contributed by atoms with Crippen LogP contribution in [-0.2, 0) is 9.59 Å². The average molecular weight is 415 g/mol. The SMILES string of the molecule is Cc1cc2c(cc1N(C)C)N(CCCCCCCC(=O)O)C1=NC(O)NC(=O)C1=N2. The van der Waals surface area contributed by atoms with Crippen molar-refractivity contribution in [3.63, 3.8) is 0 Å². The monoisotopic (exact) mass is 415 g/mol. The predicted octanol–water partition coefficient (Wildman–Crippen LogP) is 2.18. The molecule has 1 unspecified atom stereocenters. The van der Waals surface area contributed by atoms with Crippen LogP contribution in [0.4, 0.5) is 17.1 Å². The molecule has 9 nitrogen and oxygen atoms in total.